The summed E-state index contributed by atoms with van der Waals surface area (Å²) in [5.41, 5.74) is 3.57. The first-order chi connectivity index (χ1) is 15.0. The number of carbonyl (C=O) groups excluding carboxylic acids is 2. The zero-order valence-corrected chi connectivity index (χ0v) is 18.7. The molecular weight excluding hydrogens is 412 g/mol. The van der Waals surface area contributed by atoms with Crippen molar-refractivity contribution in [2.24, 2.45) is 0 Å². The average molecular weight is 439 g/mol. The first kappa shape index (κ1) is 22.6. The van der Waals surface area contributed by atoms with Crippen molar-refractivity contribution >= 4 is 23.6 Å². The lowest BCUT2D eigenvalue weighted by molar-refractivity contribution is -0.118. The van der Waals surface area contributed by atoms with E-state index in [4.69, 9.17) is 0 Å². The molecule has 1 N–H and O–H groups in total. The van der Waals surface area contributed by atoms with E-state index in [1.54, 1.807) is 24.3 Å². The van der Waals surface area contributed by atoms with Crippen LogP contribution >= 0.6 is 11.8 Å². The van der Waals surface area contributed by atoms with E-state index in [0.717, 1.165) is 40.6 Å². The highest BCUT2D eigenvalue weighted by atomic mass is 32.2. The Hall–Kier alpha value is -3.13. The van der Waals surface area contributed by atoms with E-state index < -0.39 is 0 Å². The van der Waals surface area contributed by atoms with Gasteiger partial charge in [0, 0.05) is 18.7 Å². The number of carbonyl (C=O) groups is 2. The number of ether oxygens (including phenoxy) is 1. The minimum absolute atomic E-state index is 0.0924. The largest absolute Gasteiger partial charge is 0.465 e. The maximum Gasteiger partial charge on any atom is 0.337 e. The van der Waals surface area contributed by atoms with Crippen molar-refractivity contribution in [2.75, 3.05) is 12.9 Å². The standard InChI is InChI=1S/C23H26N4O3S/c1-4-12-27-21(19-7-5-6-16(2)13-19)25-26-23(27)31-15-20(28)24-14-17-8-10-18(11-9-17)22(29)30-3/h5-11,13H,4,12,14-15H2,1-3H3,(H,24,28). The van der Waals surface area contributed by atoms with Gasteiger partial charge < -0.3 is 14.6 Å². The fourth-order valence-corrected chi connectivity index (χ4v) is 3.87. The quantitative estimate of drug-likeness (QED) is 0.403. The van der Waals surface area contributed by atoms with E-state index >= 15 is 0 Å². The molecule has 3 aromatic rings. The second-order valence-corrected chi connectivity index (χ2v) is 8.02. The third-order valence-corrected chi connectivity index (χ3v) is 5.60. The van der Waals surface area contributed by atoms with Gasteiger partial charge in [-0.05, 0) is 37.1 Å². The van der Waals surface area contributed by atoms with Crippen molar-refractivity contribution in [2.45, 2.75) is 38.5 Å². The van der Waals surface area contributed by atoms with Crippen LogP contribution in [0.4, 0.5) is 0 Å². The van der Waals surface area contributed by atoms with Crippen molar-refractivity contribution in [3.8, 4) is 11.4 Å². The van der Waals surface area contributed by atoms with Crippen molar-refractivity contribution in [1.82, 2.24) is 20.1 Å². The number of thioether (sulfide) groups is 1. The summed E-state index contributed by atoms with van der Waals surface area (Å²) in [6.45, 7) is 5.32. The van der Waals surface area contributed by atoms with Crippen molar-refractivity contribution in [3.05, 3.63) is 65.2 Å². The summed E-state index contributed by atoms with van der Waals surface area (Å²) in [6.07, 6.45) is 0.943. The van der Waals surface area contributed by atoms with Gasteiger partial charge in [-0.15, -0.1) is 10.2 Å². The number of aryl methyl sites for hydroxylation is 1. The summed E-state index contributed by atoms with van der Waals surface area (Å²) in [7, 11) is 1.35. The topological polar surface area (TPSA) is 86.1 Å². The van der Waals surface area contributed by atoms with Crippen LogP contribution in [-0.2, 0) is 22.6 Å². The van der Waals surface area contributed by atoms with Crippen LogP contribution < -0.4 is 5.32 Å². The molecule has 0 aliphatic heterocycles. The SMILES string of the molecule is CCCn1c(SCC(=O)NCc2ccc(C(=O)OC)cc2)nnc1-c1cccc(C)c1. The number of amides is 1. The lowest BCUT2D eigenvalue weighted by Gasteiger charge is -2.10. The Labute approximate surface area is 186 Å². The van der Waals surface area contributed by atoms with Gasteiger partial charge in [0.05, 0.1) is 18.4 Å². The second-order valence-electron chi connectivity index (χ2n) is 7.08. The minimum Gasteiger partial charge on any atom is -0.465 e. The van der Waals surface area contributed by atoms with Gasteiger partial charge in [0.2, 0.25) is 5.91 Å². The van der Waals surface area contributed by atoms with Crippen LogP contribution in [0.3, 0.4) is 0 Å². The van der Waals surface area contributed by atoms with Crippen molar-refractivity contribution in [3.63, 3.8) is 0 Å². The second kappa shape index (κ2) is 10.8. The van der Waals surface area contributed by atoms with Gasteiger partial charge in [-0.1, -0.05) is 54.6 Å². The molecule has 3 rings (SSSR count). The summed E-state index contributed by atoms with van der Waals surface area (Å²) < 4.78 is 6.75. The number of hydrogen-bond donors (Lipinski definition) is 1. The summed E-state index contributed by atoms with van der Waals surface area (Å²) in [5.74, 6) is 0.591. The molecule has 0 aliphatic carbocycles. The zero-order chi connectivity index (χ0) is 22.2. The lowest BCUT2D eigenvalue weighted by Crippen LogP contribution is -2.24. The Morgan fingerprint density at radius 3 is 2.58 bits per heavy atom. The van der Waals surface area contributed by atoms with Gasteiger partial charge >= 0.3 is 5.97 Å². The number of nitrogens with zero attached hydrogens (tertiary/aromatic N) is 3. The third-order valence-electron chi connectivity index (χ3n) is 4.64. The van der Waals surface area contributed by atoms with Crippen LogP contribution in [0.25, 0.3) is 11.4 Å². The van der Waals surface area contributed by atoms with Gasteiger partial charge in [-0.3, -0.25) is 4.79 Å². The molecule has 0 atom stereocenters. The van der Waals surface area contributed by atoms with Gasteiger partial charge in [0.25, 0.3) is 0 Å². The Kier molecular flexibility index (Phi) is 7.83. The maximum absolute atomic E-state index is 12.3. The number of aromatic nitrogens is 3. The highest BCUT2D eigenvalue weighted by molar-refractivity contribution is 7.99. The summed E-state index contributed by atoms with van der Waals surface area (Å²) in [5, 5.41) is 12.3. The lowest BCUT2D eigenvalue weighted by atomic mass is 10.1. The first-order valence-electron chi connectivity index (χ1n) is 10.1. The number of esters is 1. The van der Waals surface area contributed by atoms with E-state index in [9.17, 15) is 9.59 Å². The summed E-state index contributed by atoms with van der Waals surface area (Å²) >= 11 is 1.38. The monoisotopic (exact) mass is 438 g/mol. The highest BCUT2D eigenvalue weighted by Crippen LogP contribution is 2.25. The average Bonchev–Trinajstić information content (AvgIpc) is 3.19. The van der Waals surface area contributed by atoms with Crippen LogP contribution in [0.2, 0.25) is 0 Å². The molecular formula is C23H26N4O3S. The predicted octanol–water partition coefficient (Wildman–Crippen LogP) is 3.86. The van der Waals surface area contributed by atoms with Gasteiger partial charge in [-0.2, -0.15) is 0 Å². The van der Waals surface area contributed by atoms with E-state index in [2.05, 4.69) is 37.8 Å². The molecule has 2 aromatic carbocycles. The highest BCUT2D eigenvalue weighted by Gasteiger charge is 2.15. The van der Waals surface area contributed by atoms with Crippen LogP contribution in [0.15, 0.2) is 53.7 Å². The maximum atomic E-state index is 12.3. The number of methoxy groups -OCH3 is 1. The van der Waals surface area contributed by atoms with Crippen LogP contribution in [0, 0.1) is 6.92 Å². The van der Waals surface area contributed by atoms with Crippen molar-refractivity contribution < 1.29 is 14.3 Å². The van der Waals surface area contributed by atoms with Crippen LogP contribution in [0.1, 0.15) is 34.8 Å². The number of nitrogens with one attached hydrogen (secondary N) is 1. The molecule has 0 saturated carbocycles. The molecule has 1 aromatic heterocycles. The van der Waals surface area contributed by atoms with E-state index in [1.165, 1.54) is 18.9 Å². The minimum atomic E-state index is -0.381. The molecule has 0 fully saturated rings. The number of rotatable bonds is 9. The fraction of sp³-hybridized carbons (Fsp3) is 0.304. The number of hydrogen-bond acceptors (Lipinski definition) is 6. The zero-order valence-electron chi connectivity index (χ0n) is 17.9. The molecule has 162 valence electrons. The normalized spacial score (nSPS) is 10.7. The molecule has 0 aliphatic rings. The van der Waals surface area contributed by atoms with Crippen LogP contribution in [0.5, 0.6) is 0 Å². The smallest absolute Gasteiger partial charge is 0.337 e. The van der Waals surface area contributed by atoms with Crippen LogP contribution in [-0.4, -0.2) is 39.5 Å². The summed E-state index contributed by atoms with van der Waals surface area (Å²) in [6, 6.07) is 15.1. The molecule has 0 bridgehead atoms. The predicted molar refractivity (Wildman–Crippen MR) is 121 cm³/mol. The van der Waals surface area contributed by atoms with E-state index in [0.29, 0.717) is 12.1 Å². The first-order valence-corrected chi connectivity index (χ1v) is 11.1. The third kappa shape index (κ3) is 5.95. The number of benzene rings is 2. The Bertz CT molecular complexity index is 1050. The summed E-state index contributed by atoms with van der Waals surface area (Å²) in [4.78, 5) is 23.8. The molecule has 0 saturated heterocycles. The molecule has 1 heterocycles. The van der Waals surface area contributed by atoms with Crippen molar-refractivity contribution in [1.29, 1.82) is 0 Å². The van der Waals surface area contributed by atoms with E-state index in [-0.39, 0.29) is 17.6 Å². The molecule has 0 unspecified atom stereocenters. The van der Waals surface area contributed by atoms with E-state index in [1.807, 2.05) is 25.1 Å². The molecule has 0 spiro atoms. The molecule has 1 amide bonds. The Balaban J connectivity index is 1.59. The molecule has 0 radical (unpaired) electrons. The Morgan fingerprint density at radius 2 is 1.90 bits per heavy atom. The van der Waals surface area contributed by atoms with Gasteiger partial charge in [-0.25, -0.2) is 4.79 Å². The van der Waals surface area contributed by atoms with Gasteiger partial charge in [0.15, 0.2) is 11.0 Å². The molecule has 8 heteroatoms. The van der Waals surface area contributed by atoms with Gasteiger partial charge in [0.1, 0.15) is 0 Å². The molecule has 7 nitrogen and oxygen atoms in total. The fourth-order valence-electron chi connectivity index (χ4n) is 3.08. The molecule has 31 heavy (non-hydrogen) atoms. The Morgan fingerprint density at radius 1 is 1.13 bits per heavy atom.